The third kappa shape index (κ3) is 2.74. The van der Waals surface area contributed by atoms with Crippen LogP contribution >= 0.6 is 0 Å². The highest BCUT2D eigenvalue weighted by molar-refractivity contribution is 5.98. The molecule has 0 aliphatic heterocycles. The van der Waals surface area contributed by atoms with Gasteiger partial charge in [0.05, 0.1) is 11.8 Å². The Balaban J connectivity index is 2.11. The maximum absolute atomic E-state index is 11.7. The Morgan fingerprint density at radius 3 is 2.83 bits per heavy atom. The summed E-state index contributed by atoms with van der Waals surface area (Å²) < 4.78 is 7.24. The van der Waals surface area contributed by atoms with Gasteiger partial charge in [-0.1, -0.05) is 24.3 Å². The summed E-state index contributed by atoms with van der Waals surface area (Å²) in [4.78, 5) is 11.7. The van der Waals surface area contributed by atoms with Gasteiger partial charge in [-0.2, -0.15) is 0 Å². The third-order valence-electron chi connectivity index (χ3n) is 2.53. The van der Waals surface area contributed by atoms with Crippen molar-refractivity contribution in [1.82, 2.24) is 15.0 Å². The van der Waals surface area contributed by atoms with Crippen LogP contribution in [0.4, 0.5) is 0 Å². The van der Waals surface area contributed by atoms with Gasteiger partial charge in [0, 0.05) is 13.5 Å². The molecule has 5 nitrogen and oxygen atoms in total. The van der Waals surface area contributed by atoms with Crippen LogP contribution in [0.1, 0.15) is 29.4 Å². The number of aromatic nitrogens is 3. The van der Waals surface area contributed by atoms with Crippen LogP contribution in [0.3, 0.4) is 0 Å². The summed E-state index contributed by atoms with van der Waals surface area (Å²) in [6.45, 7) is 2.14. The van der Waals surface area contributed by atoms with E-state index in [1.165, 1.54) is 0 Å². The molecule has 1 aromatic carbocycles. The molecule has 18 heavy (non-hydrogen) atoms. The number of carbonyl (C=O) groups is 1. The van der Waals surface area contributed by atoms with Crippen molar-refractivity contribution in [2.45, 2.75) is 20.0 Å². The predicted molar refractivity (Wildman–Crippen MR) is 66.4 cm³/mol. The molecule has 0 bridgehead atoms. The Hall–Kier alpha value is -2.17. The molecule has 0 amide bonds. The summed E-state index contributed by atoms with van der Waals surface area (Å²) in [7, 11) is 1.80. The van der Waals surface area contributed by atoms with E-state index in [-0.39, 0.29) is 5.78 Å². The van der Waals surface area contributed by atoms with E-state index < -0.39 is 0 Å². The van der Waals surface area contributed by atoms with Crippen LogP contribution < -0.4 is 4.74 Å². The molecule has 2 aromatic rings. The Morgan fingerprint density at radius 1 is 1.39 bits per heavy atom. The molecule has 94 valence electrons. The number of Topliss-reactive ketones (excluding diaryl/α,β-unsaturated/α-hetero) is 1. The van der Waals surface area contributed by atoms with Gasteiger partial charge >= 0.3 is 0 Å². The molecule has 0 aliphatic rings. The van der Waals surface area contributed by atoms with E-state index in [1.54, 1.807) is 30.1 Å². The SMILES string of the molecule is CCC(=O)c1ccccc1OCc1cn(C)nn1. The van der Waals surface area contributed by atoms with Gasteiger partial charge in [-0.05, 0) is 12.1 Å². The van der Waals surface area contributed by atoms with Gasteiger partial charge in [-0.3, -0.25) is 9.48 Å². The number of ketones is 1. The first-order valence-corrected chi connectivity index (χ1v) is 5.81. The van der Waals surface area contributed by atoms with Crippen molar-refractivity contribution in [3.63, 3.8) is 0 Å². The van der Waals surface area contributed by atoms with Gasteiger partial charge in [0.15, 0.2) is 5.78 Å². The number of rotatable bonds is 5. The van der Waals surface area contributed by atoms with Crippen LogP contribution in [-0.4, -0.2) is 20.8 Å². The van der Waals surface area contributed by atoms with Gasteiger partial charge in [0.25, 0.3) is 0 Å². The minimum Gasteiger partial charge on any atom is -0.486 e. The number of hydrogen-bond acceptors (Lipinski definition) is 4. The van der Waals surface area contributed by atoms with Crippen molar-refractivity contribution in [3.05, 3.63) is 41.7 Å². The Kier molecular flexibility index (Phi) is 3.72. The van der Waals surface area contributed by atoms with Crippen LogP contribution in [0.5, 0.6) is 5.75 Å². The van der Waals surface area contributed by atoms with Crippen molar-refractivity contribution in [1.29, 1.82) is 0 Å². The second kappa shape index (κ2) is 5.44. The zero-order valence-corrected chi connectivity index (χ0v) is 10.5. The van der Waals surface area contributed by atoms with Crippen LogP contribution in [0.25, 0.3) is 0 Å². The molecular formula is C13H15N3O2. The molecule has 0 aliphatic carbocycles. The first kappa shape index (κ1) is 12.3. The monoisotopic (exact) mass is 245 g/mol. The van der Waals surface area contributed by atoms with E-state index in [0.29, 0.717) is 24.3 Å². The second-order valence-corrected chi connectivity index (χ2v) is 3.95. The van der Waals surface area contributed by atoms with Gasteiger partial charge in [0.2, 0.25) is 0 Å². The average Bonchev–Trinajstić information content (AvgIpc) is 2.81. The number of carbonyl (C=O) groups excluding carboxylic acids is 1. The number of nitrogens with zero attached hydrogens (tertiary/aromatic N) is 3. The Morgan fingerprint density at radius 2 is 2.17 bits per heavy atom. The fourth-order valence-corrected chi connectivity index (χ4v) is 1.63. The van der Waals surface area contributed by atoms with E-state index in [1.807, 2.05) is 19.1 Å². The lowest BCUT2D eigenvalue weighted by atomic mass is 10.1. The largest absolute Gasteiger partial charge is 0.486 e. The first-order valence-electron chi connectivity index (χ1n) is 5.81. The van der Waals surface area contributed by atoms with E-state index in [2.05, 4.69) is 10.3 Å². The lowest BCUT2D eigenvalue weighted by Gasteiger charge is -2.08. The van der Waals surface area contributed by atoms with Gasteiger partial charge in [-0.25, -0.2) is 0 Å². The van der Waals surface area contributed by atoms with Crippen molar-refractivity contribution >= 4 is 5.78 Å². The summed E-state index contributed by atoms with van der Waals surface area (Å²) in [6.07, 6.45) is 2.25. The molecule has 1 heterocycles. The number of hydrogen-bond donors (Lipinski definition) is 0. The minimum atomic E-state index is 0.0738. The van der Waals surface area contributed by atoms with Gasteiger partial charge in [-0.15, -0.1) is 5.10 Å². The lowest BCUT2D eigenvalue weighted by molar-refractivity contribution is 0.0983. The number of para-hydroxylation sites is 1. The summed E-state index contributed by atoms with van der Waals surface area (Å²) in [5, 5.41) is 7.75. The number of ether oxygens (including phenoxy) is 1. The van der Waals surface area contributed by atoms with Crippen molar-refractivity contribution < 1.29 is 9.53 Å². The fourth-order valence-electron chi connectivity index (χ4n) is 1.63. The minimum absolute atomic E-state index is 0.0738. The number of benzene rings is 1. The maximum Gasteiger partial charge on any atom is 0.166 e. The molecule has 0 fully saturated rings. The molecule has 0 N–H and O–H groups in total. The maximum atomic E-state index is 11.7. The zero-order chi connectivity index (χ0) is 13.0. The Bertz CT molecular complexity index is 549. The molecule has 5 heteroatoms. The van der Waals surface area contributed by atoms with Gasteiger partial charge < -0.3 is 4.74 Å². The number of aryl methyl sites for hydroxylation is 1. The van der Waals surface area contributed by atoms with E-state index in [9.17, 15) is 4.79 Å². The van der Waals surface area contributed by atoms with E-state index in [0.717, 1.165) is 5.69 Å². The van der Waals surface area contributed by atoms with Crippen molar-refractivity contribution in [3.8, 4) is 5.75 Å². The van der Waals surface area contributed by atoms with Crippen LogP contribution in [0, 0.1) is 0 Å². The van der Waals surface area contributed by atoms with Crippen LogP contribution in [0.15, 0.2) is 30.5 Å². The summed E-state index contributed by atoms with van der Waals surface area (Å²) in [5.74, 6) is 0.666. The predicted octanol–water partition coefficient (Wildman–Crippen LogP) is 1.99. The molecule has 0 unspecified atom stereocenters. The topological polar surface area (TPSA) is 57.0 Å². The molecule has 0 spiro atoms. The highest BCUT2D eigenvalue weighted by Gasteiger charge is 2.10. The van der Waals surface area contributed by atoms with Crippen molar-refractivity contribution in [2.24, 2.45) is 7.05 Å². The molecular weight excluding hydrogens is 230 g/mol. The highest BCUT2D eigenvalue weighted by atomic mass is 16.5. The molecule has 0 radical (unpaired) electrons. The summed E-state index contributed by atoms with van der Waals surface area (Å²) in [6, 6.07) is 7.24. The second-order valence-electron chi connectivity index (χ2n) is 3.95. The summed E-state index contributed by atoms with van der Waals surface area (Å²) >= 11 is 0. The Labute approximate surface area is 105 Å². The molecule has 2 rings (SSSR count). The lowest BCUT2D eigenvalue weighted by Crippen LogP contribution is -2.03. The molecule has 0 saturated heterocycles. The quantitative estimate of drug-likeness (QED) is 0.756. The van der Waals surface area contributed by atoms with Crippen LogP contribution in [-0.2, 0) is 13.7 Å². The molecule has 0 saturated carbocycles. The standard InChI is InChI=1S/C13H15N3O2/c1-3-12(17)11-6-4-5-7-13(11)18-9-10-8-16(2)15-14-10/h4-8H,3,9H2,1-2H3. The van der Waals surface area contributed by atoms with Crippen LogP contribution in [0.2, 0.25) is 0 Å². The third-order valence-corrected chi connectivity index (χ3v) is 2.53. The summed E-state index contributed by atoms with van der Waals surface area (Å²) in [5.41, 5.74) is 1.35. The molecule has 0 atom stereocenters. The smallest absolute Gasteiger partial charge is 0.166 e. The normalized spacial score (nSPS) is 10.3. The fraction of sp³-hybridized carbons (Fsp3) is 0.308. The molecule has 1 aromatic heterocycles. The van der Waals surface area contributed by atoms with E-state index in [4.69, 9.17) is 4.74 Å². The highest BCUT2D eigenvalue weighted by Crippen LogP contribution is 2.20. The van der Waals surface area contributed by atoms with E-state index >= 15 is 0 Å². The average molecular weight is 245 g/mol. The zero-order valence-electron chi connectivity index (χ0n) is 10.5. The first-order chi connectivity index (χ1) is 8.70. The van der Waals surface area contributed by atoms with Gasteiger partial charge in [0.1, 0.15) is 18.1 Å². The van der Waals surface area contributed by atoms with Crippen molar-refractivity contribution in [2.75, 3.05) is 0 Å².